The third-order valence-corrected chi connectivity index (χ3v) is 4.96. The van der Waals surface area contributed by atoms with Gasteiger partial charge in [0.05, 0.1) is 11.1 Å². The second-order valence-corrected chi connectivity index (χ2v) is 7.10. The third kappa shape index (κ3) is 4.47. The summed E-state index contributed by atoms with van der Waals surface area (Å²) in [5, 5.41) is 15.7. The summed E-state index contributed by atoms with van der Waals surface area (Å²) in [4.78, 5) is 29.0. The zero-order chi connectivity index (χ0) is 19.4. The molecule has 1 aliphatic carbocycles. The van der Waals surface area contributed by atoms with Crippen LogP contribution in [0.1, 0.15) is 53.7 Å². The van der Waals surface area contributed by atoms with Gasteiger partial charge in [-0.3, -0.25) is 9.59 Å². The second kappa shape index (κ2) is 8.23. The average Bonchev–Trinajstić information content (AvgIpc) is 3.52. The highest BCUT2D eigenvalue weighted by molar-refractivity contribution is 7.98. The predicted molar refractivity (Wildman–Crippen MR) is 106 cm³/mol. The molecular weight excluding hydrogens is 360 g/mol. The molecule has 2 N–H and O–H groups in total. The molecule has 0 radical (unpaired) electrons. The Balaban J connectivity index is 1.88. The molecule has 0 atom stereocenters. The first-order valence-corrected chi connectivity index (χ1v) is 9.98. The molecule has 0 spiro atoms. The summed E-state index contributed by atoms with van der Waals surface area (Å²) in [6.45, 7) is 1.77. The van der Waals surface area contributed by atoms with Gasteiger partial charge >= 0.3 is 0 Å². The van der Waals surface area contributed by atoms with Crippen LogP contribution in [0.25, 0.3) is 0 Å². The largest absolute Gasteiger partial charge is 0.326 e. The van der Waals surface area contributed by atoms with Gasteiger partial charge in [0, 0.05) is 29.4 Å². The minimum Gasteiger partial charge on any atom is -0.326 e. The number of nitrogens with one attached hydrogen (secondary N) is 2. The van der Waals surface area contributed by atoms with E-state index in [1.807, 2.05) is 6.26 Å². The number of hydrogen-bond donors (Lipinski definition) is 2. The second-order valence-electron chi connectivity index (χ2n) is 6.30. The van der Waals surface area contributed by atoms with Gasteiger partial charge in [-0.1, -0.05) is 13.0 Å². The smallest absolute Gasteiger partial charge is 0.257 e. The summed E-state index contributed by atoms with van der Waals surface area (Å²) in [6, 6.07) is 10.8. The Hall–Kier alpha value is -2.85. The number of anilines is 2. The number of benzene rings is 1. The molecule has 0 aliphatic heterocycles. The summed E-state index contributed by atoms with van der Waals surface area (Å²) in [6.07, 6.45) is 4.35. The number of hydrogen-bond acceptors (Lipinski definition) is 5. The predicted octanol–water partition coefficient (Wildman–Crippen LogP) is 4.15. The van der Waals surface area contributed by atoms with Gasteiger partial charge in [-0.25, -0.2) is 4.98 Å². The Morgan fingerprint density at radius 3 is 2.56 bits per heavy atom. The maximum Gasteiger partial charge on any atom is 0.257 e. The van der Waals surface area contributed by atoms with Crippen LogP contribution in [0, 0.1) is 11.3 Å². The maximum absolute atomic E-state index is 12.9. The number of carbonyl (C=O) groups is 2. The Bertz CT molecular complexity index is 932. The van der Waals surface area contributed by atoms with E-state index in [2.05, 4.69) is 21.7 Å². The van der Waals surface area contributed by atoms with Crippen molar-refractivity contribution in [3.05, 3.63) is 47.2 Å². The van der Waals surface area contributed by atoms with E-state index in [-0.39, 0.29) is 11.8 Å². The van der Waals surface area contributed by atoms with Crippen LogP contribution in [0.15, 0.2) is 35.4 Å². The van der Waals surface area contributed by atoms with E-state index in [1.165, 1.54) is 11.8 Å². The molecular formula is C20H20N4O2S. The molecule has 0 bridgehead atoms. The van der Waals surface area contributed by atoms with Gasteiger partial charge in [-0.15, -0.1) is 11.8 Å². The molecule has 1 aliphatic rings. The van der Waals surface area contributed by atoms with Gasteiger partial charge in [-0.2, -0.15) is 5.26 Å². The maximum atomic E-state index is 12.9. The van der Waals surface area contributed by atoms with Crippen LogP contribution in [0.4, 0.5) is 11.4 Å². The third-order valence-electron chi connectivity index (χ3n) is 4.28. The summed E-state index contributed by atoms with van der Waals surface area (Å²) in [5.74, 6) is -0.0778. The highest BCUT2D eigenvalue weighted by atomic mass is 32.2. The van der Waals surface area contributed by atoms with Crippen molar-refractivity contribution in [2.24, 2.45) is 0 Å². The van der Waals surface area contributed by atoms with Gasteiger partial charge in [0.15, 0.2) is 0 Å². The van der Waals surface area contributed by atoms with E-state index in [4.69, 9.17) is 0 Å². The number of amides is 2. The summed E-state index contributed by atoms with van der Waals surface area (Å²) in [5.41, 5.74) is 2.65. The topological polar surface area (TPSA) is 94.9 Å². The van der Waals surface area contributed by atoms with Crippen LogP contribution in [0.5, 0.6) is 0 Å². The minimum absolute atomic E-state index is 0.0990. The van der Waals surface area contributed by atoms with Gasteiger partial charge in [-0.05, 0) is 43.4 Å². The van der Waals surface area contributed by atoms with Crippen LogP contribution in [-0.4, -0.2) is 23.1 Å². The van der Waals surface area contributed by atoms with Crippen molar-refractivity contribution in [2.45, 2.75) is 37.1 Å². The fourth-order valence-corrected chi connectivity index (χ4v) is 3.24. The number of carbonyl (C=O) groups excluding carboxylic acids is 2. The van der Waals surface area contributed by atoms with Crippen LogP contribution in [0.3, 0.4) is 0 Å². The van der Waals surface area contributed by atoms with Crippen molar-refractivity contribution >= 4 is 35.0 Å². The number of nitriles is 1. The molecule has 7 heteroatoms. The standard InChI is InChI=1S/C20H20N4O2S/c1-3-18(25)22-13-5-4-6-14(9-13)23-19(26)15-10-17(12-7-8-12)24-20(27-2)16(15)11-21/h4-6,9-10,12H,3,7-8H2,1-2H3,(H,22,25)(H,23,26). The lowest BCUT2D eigenvalue weighted by Crippen LogP contribution is -2.16. The molecule has 6 nitrogen and oxygen atoms in total. The van der Waals surface area contributed by atoms with Crippen molar-refractivity contribution in [1.29, 1.82) is 5.26 Å². The van der Waals surface area contributed by atoms with Crippen molar-refractivity contribution in [3.63, 3.8) is 0 Å². The van der Waals surface area contributed by atoms with Crippen molar-refractivity contribution in [1.82, 2.24) is 4.98 Å². The lowest BCUT2D eigenvalue weighted by atomic mass is 10.1. The van der Waals surface area contributed by atoms with Crippen LogP contribution < -0.4 is 10.6 Å². The van der Waals surface area contributed by atoms with E-state index in [9.17, 15) is 14.9 Å². The molecule has 0 unspecified atom stereocenters. The molecule has 3 rings (SSSR count). The van der Waals surface area contributed by atoms with Crippen LogP contribution >= 0.6 is 11.8 Å². The lowest BCUT2D eigenvalue weighted by Gasteiger charge is -2.12. The van der Waals surface area contributed by atoms with E-state index >= 15 is 0 Å². The van der Waals surface area contributed by atoms with Crippen molar-refractivity contribution < 1.29 is 9.59 Å². The number of thioether (sulfide) groups is 1. The molecule has 1 aromatic heterocycles. The zero-order valence-corrected chi connectivity index (χ0v) is 16.0. The summed E-state index contributed by atoms with van der Waals surface area (Å²) in [7, 11) is 0. The fraction of sp³-hybridized carbons (Fsp3) is 0.300. The number of rotatable bonds is 6. The first-order chi connectivity index (χ1) is 13.0. The number of nitrogens with zero attached hydrogens (tertiary/aromatic N) is 2. The Labute approximate surface area is 162 Å². The Kier molecular flexibility index (Phi) is 5.77. The first-order valence-electron chi connectivity index (χ1n) is 8.76. The molecule has 1 saturated carbocycles. The normalized spacial score (nSPS) is 12.9. The SMILES string of the molecule is CCC(=O)Nc1cccc(NC(=O)c2cc(C3CC3)nc(SC)c2C#N)c1. The molecule has 1 fully saturated rings. The van der Waals surface area contributed by atoms with E-state index in [1.54, 1.807) is 37.3 Å². The number of aromatic nitrogens is 1. The molecule has 1 heterocycles. The van der Waals surface area contributed by atoms with E-state index in [0.29, 0.717) is 39.9 Å². The number of pyridine rings is 1. The Morgan fingerprint density at radius 2 is 1.96 bits per heavy atom. The summed E-state index contributed by atoms with van der Waals surface area (Å²) >= 11 is 1.37. The summed E-state index contributed by atoms with van der Waals surface area (Å²) < 4.78 is 0. The lowest BCUT2D eigenvalue weighted by molar-refractivity contribution is -0.115. The van der Waals surface area contributed by atoms with E-state index < -0.39 is 0 Å². The first kappa shape index (κ1) is 18.9. The van der Waals surface area contributed by atoms with Gasteiger partial charge in [0.1, 0.15) is 11.1 Å². The fourth-order valence-electron chi connectivity index (χ4n) is 2.69. The molecule has 1 aromatic carbocycles. The quantitative estimate of drug-likeness (QED) is 0.734. The van der Waals surface area contributed by atoms with Gasteiger partial charge in [0.2, 0.25) is 5.91 Å². The molecule has 0 saturated heterocycles. The Morgan fingerprint density at radius 1 is 1.26 bits per heavy atom. The van der Waals surface area contributed by atoms with Crippen molar-refractivity contribution in [3.8, 4) is 6.07 Å². The minimum atomic E-state index is -0.356. The zero-order valence-electron chi connectivity index (χ0n) is 15.2. The van der Waals surface area contributed by atoms with Crippen molar-refractivity contribution in [2.75, 3.05) is 16.9 Å². The molecule has 2 amide bonds. The van der Waals surface area contributed by atoms with Crippen LogP contribution in [0.2, 0.25) is 0 Å². The monoisotopic (exact) mass is 380 g/mol. The average molecular weight is 380 g/mol. The molecule has 138 valence electrons. The van der Waals surface area contributed by atoms with Gasteiger partial charge < -0.3 is 10.6 Å². The highest BCUT2D eigenvalue weighted by Crippen LogP contribution is 2.40. The highest BCUT2D eigenvalue weighted by Gasteiger charge is 2.28. The van der Waals surface area contributed by atoms with Crippen LogP contribution in [-0.2, 0) is 4.79 Å². The van der Waals surface area contributed by atoms with E-state index in [0.717, 1.165) is 18.5 Å². The molecule has 2 aromatic rings. The van der Waals surface area contributed by atoms with Gasteiger partial charge in [0.25, 0.3) is 5.91 Å². The molecule has 27 heavy (non-hydrogen) atoms.